The topological polar surface area (TPSA) is 33.1 Å². The second kappa shape index (κ2) is 5.63. The molecule has 0 aromatic carbocycles. The van der Waals surface area contributed by atoms with E-state index in [9.17, 15) is 0 Å². The molecule has 3 heterocycles. The van der Waals surface area contributed by atoms with Crippen LogP contribution in [-0.2, 0) is 6.54 Å². The van der Waals surface area contributed by atoms with Crippen molar-refractivity contribution < 1.29 is 0 Å². The maximum absolute atomic E-state index is 4.69. The van der Waals surface area contributed by atoms with Crippen LogP contribution in [0.1, 0.15) is 51.3 Å². The summed E-state index contributed by atoms with van der Waals surface area (Å²) in [6.45, 7) is 7.81. The lowest BCUT2D eigenvalue weighted by Crippen LogP contribution is -2.43. The summed E-state index contributed by atoms with van der Waals surface area (Å²) < 4.78 is 2.06. The van der Waals surface area contributed by atoms with Gasteiger partial charge in [-0.25, -0.2) is 0 Å². The lowest BCUT2D eigenvalue weighted by Gasteiger charge is -2.28. The quantitative estimate of drug-likeness (QED) is 0.903. The van der Waals surface area contributed by atoms with Gasteiger partial charge in [0.1, 0.15) is 0 Å². The summed E-state index contributed by atoms with van der Waals surface area (Å²) in [5.74, 6) is 0. The smallest absolute Gasteiger partial charge is 0.0765 e. The summed E-state index contributed by atoms with van der Waals surface area (Å²) in [5.41, 5.74) is 1.22. The van der Waals surface area contributed by atoms with E-state index in [-0.39, 0.29) is 0 Å². The van der Waals surface area contributed by atoms with Gasteiger partial charge in [0, 0.05) is 30.9 Å². The molecule has 2 atom stereocenters. The highest BCUT2D eigenvalue weighted by atomic mass is 15.3. The fraction of sp³-hybridized carbons (Fsp3) is 0.800. The normalized spacial score (nSPS) is 28.6. The van der Waals surface area contributed by atoms with Crippen LogP contribution in [0, 0.1) is 0 Å². The Balaban J connectivity index is 1.64. The van der Waals surface area contributed by atoms with Gasteiger partial charge in [0.05, 0.1) is 5.69 Å². The van der Waals surface area contributed by atoms with Crippen molar-refractivity contribution in [1.82, 2.24) is 20.0 Å². The number of hydrogen-bond donors (Lipinski definition) is 1. The second-order valence-electron chi connectivity index (χ2n) is 6.26. The molecule has 0 saturated carbocycles. The van der Waals surface area contributed by atoms with Crippen LogP contribution in [0.2, 0.25) is 0 Å². The summed E-state index contributed by atoms with van der Waals surface area (Å²) in [5, 5.41) is 8.36. The first-order valence-corrected chi connectivity index (χ1v) is 7.75. The molecule has 0 spiro atoms. The molecule has 1 N–H and O–H groups in total. The molecular formula is C15H26N4. The van der Waals surface area contributed by atoms with E-state index >= 15 is 0 Å². The van der Waals surface area contributed by atoms with Crippen LogP contribution in [-0.4, -0.2) is 39.9 Å². The Labute approximate surface area is 116 Å². The lowest BCUT2D eigenvalue weighted by atomic mass is 10.0. The molecular weight excluding hydrogens is 236 g/mol. The number of nitrogens with zero attached hydrogens (tertiary/aromatic N) is 3. The van der Waals surface area contributed by atoms with Gasteiger partial charge in [-0.05, 0) is 58.7 Å². The number of nitrogens with one attached hydrogen (secondary N) is 1. The van der Waals surface area contributed by atoms with Crippen LogP contribution in [0.4, 0.5) is 0 Å². The SMILES string of the molecule is CC(C)n1ccc(CN2CCCC2C2CCCN2)n1. The van der Waals surface area contributed by atoms with Gasteiger partial charge in [0.2, 0.25) is 0 Å². The summed E-state index contributed by atoms with van der Waals surface area (Å²) in [4.78, 5) is 2.63. The lowest BCUT2D eigenvalue weighted by molar-refractivity contribution is 0.203. The van der Waals surface area contributed by atoms with Crippen molar-refractivity contribution in [2.75, 3.05) is 13.1 Å². The van der Waals surface area contributed by atoms with Crippen LogP contribution in [0.5, 0.6) is 0 Å². The molecule has 0 radical (unpaired) electrons. The third-order valence-electron chi connectivity index (χ3n) is 4.53. The Bertz CT molecular complexity index is 406. The first kappa shape index (κ1) is 13.1. The summed E-state index contributed by atoms with van der Waals surface area (Å²) in [6.07, 6.45) is 7.49. The zero-order chi connectivity index (χ0) is 13.2. The molecule has 2 aliphatic rings. The third kappa shape index (κ3) is 2.84. The van der Waals surface area contributed by atoms with Gasteiger partial charge in [-0.1, -0.05) is 0 Å². The summed E-state index contributed by atoms with van der Waals surface area (Å²) in [7, 11) is 0. The number of rotatable bonds is 4. The van der Waals surface area contributed by atoms with E-state index in [2.05, 4.69) is 46.1 Å². The molecule has 2 aliphatic heterocycles. The molecule has 0 bridgehead atoms. The van der Waals surface area contributed by atoms with E-state index in [1.165, 1.54) is 44.5 Å². The minimum atomic E-state index is 0.458. The molecule has 2 saturated heterocycles. The van der Waals surface area contributed by atoms with Crippen molar-refractivity contribution in [2.24, 2.45) is 0 Å². The highest BCUT2D eigenvalue weighted by molar-refractivity contribution is 5.02. The molecule has 4 heteroatoms. The second-order valence-corrected chi connectivity index (χ2v) is 6.26. The Kier molecular flexibility index (Phi) is 3.89. The zero-order valence-corrected chi connectivity index (χ0v) is 12.2. The zero-order valence-electron chi connectivity index (χ0n) is 12.2. The monoisotopic (exact) mass is 262 g/mol. The van der Waals surface area contributed by atoms with Crippen molar-refractivity contribution in [3.8, 4) is 0 Å². The largest absolute Gasteiger partial charge is 0.312 e. The van der Waals surface area contributed by atoms with Gasteiger partial charge < -0.3 is 5.32 Å². The van der Waals surface area contributed by atoms with Crippen molar-refractivity contribution in [2.45, 2.75) is 64.2 Å². The molecule has 1 aromatic heterocycles. The van der Waals surface area contributed by atoms with Gasteiger partial charge in [-0.3, -0.25) is 9.58 Å². The van der Waals surface area contributed by atoms with Crippen molar-refractivity contribution in [3.63, 3.8) is 0 Å². The van der Waals surface area contributed by atoms with E-state index in [1.807, 2.05) is 0 Å². The number of hydrogen-bond acceptors (Lipinski definition) is 3. The van der Waals surface area contributed by atoms with Crippen LogP contribution in [0.3, 0.4) is 0 Å². The number of likely N-dealkylation sites (tertiary alicyclic amines) is 1. The standard InChI is InChI=1S/C15H26N4/c1-12(2)19-10-7-13(17-19)11-18-9-4-6-15(18)14-5-3-8-16-14/h7,10,12,14-16H,3-6,8-9,11H2,1-2H3. The van der Waals surface area contributed by atoms with E-state index < -0.39 is 0 Å². The maximum Gasteiger partial charge on any atom is 0.0765 e. The fourth-order valence-electron chi connectivity index (χ4n) is 3.50. The molecule has 2 fully saturated rings. The summed E-state index contributed by atoms with van der Waals surface area (Å²) >= 11 is 0. The Morgan fingerprint density at radius 1 is 1.37 bits per heavy atom. The van der Waals surface area contributed by atoms with E-state index in [0.717, 1.165) is 18.6 Å². The van der Waals surface area contributed by atoms with Crippen molar-refractivity contribution in [1.29, 1.82) is 0 Å². The Morgan fingerprint density at radius 3 is 2.95 bits per heavy atom. The molecule has 4 nitrogen and oxygen atoms in total. The predicted octanol–water partition coefficient (Wildman–Crippen LogP) is 2.18. The third-order valence-corrected chi connectivity index (χ3v) is 4.53. The van der Waals surface area contributed by atoms with Crippen LogP contribution < -0.4 is 5.32 Å². The van der Waals surface area contributed by atoms with E-state index in [4.69, 9.17) is 0 Å². The van der Waals surface area contributed by atoms with Gasteiger partial charge in [-0.15, -0.1) is 0 Å². The first-order valence-electron chi connectivity index (χ1n) is 7.75. The number of aromatic nitrogens is 2. The molecule has 19 heavy (non-hydrogen) atoms. The maximum atomic E-state index is 4.69. The first-order chi connectivity index (χ1) is 9.24. The van der Waals surface area contributed by atoms with Crippen LogP contribution in [0.25, 0.3) is 0 Å². The van der Waals surface area contributed by atoms with E-state index in [0.29, 0.717) is 6.04 Å². The minimum Gasteiger partial charge on any atom is -0.312 e. The molecule has 106 valence electrons. The minimum absolute atomic E-state index is 0.458. The molecule has 2 unspecified atom stereocenters. The van der Waals surface area contributed by atoms with Crippen LogP contribution >= 0.6 is 0 Å². The Hall–Kier alpha value is -0.870. The molecule has 3 rings (SSSR count). The van der Waals surface area contributed by atoms with Crippen molar-refractivity contribution >= 4 is 0 Å². The van der Waals surface area contributed by atoms with Gasteiger partial charge in [-0.2, -0.15) is 5.10 Å². The highest BCUT2D eigenvalue weighted by Gasteiger charge is 2.33. The summed E-state index contributed by atoms with van der Waals surface area (Å²) in [6, 6.07) is 4.08. The van der Waals surface area contributed by atoms with Crippen molar-refractivity contribution in [3.05, 3.63) is 18.0 Å². The predicted molar refractivity (Wildman–Crippen MR) is 77.1 cm³/mol. The molecule has 1 aromatic rings. The molecule has 0 aliphatic carbocycles. The Morgan fingerprint density at radius 2 is 2.26 bits per heavy atom. The highest BCUT2D eigenvalue weighted by Crippen LogP contribution is 2.26. The van der Waals surface area contributed by atoms with E-state index in [1.54, 1.807) is 0 Å². The molecule has 0 amide bonds. The van der Waals surface area contributed by atoms with Crippen LogP contribution in [0.15, 0.2) is 12.3 Å². The average molecular weight is 262 g/mol. The van der Waals surface area contributed by atoms with Gasteiger partial charge >= 0.3 is 0 Å². The van der Waals surface area contributed by atoms with Gasteiger partial charge in [0.15, 0.2) is 0 Å². The fourth-order valence-corrected chi connectivity index (χ4v) is 3.50. The van der Waals surface area contributed by atoms with Gasteiger partial charge in [0.25, 0.3) is 0 Å². The average Bonchev–Trinajstić information content (AvgIpc) is 3.09.